The van der Waals surface area contributed by atoms with E-state index in [1.165, 1.54) is 0 Å². The van der Waals surface area contributed by atoms with E-state index in [0.717, 1.165) is 17.9 Å². The van der Waals surface area contributed by atoms with Gasteiger partial charge in [-0.2, -0.15) is 0 Å². The summed E-state index contributed by atoms with van der Waals surface area (Å²) in [7, 11) is 1.61. The highest BCUT2D eigenvalue weighted by Gasteiger charge is 2.18. The first-order valence-corrected chi connectivity index (χ1v) is 7.72. The normalized spacial score (nSPS) is 11.8. The van der Waals surface area contributed by atoms with E-state index >= 15 is 0 Å². The second kappa shape index (κ2) is 7.94. The van der Waals surface area contributed by atoms with E-state index < -0.39 is 0 Å². The molecule has 4 nitrogen and oxygen atoms in total. The summed E-state index contributed by atoms with van der Waals surface area (Å²) in [4.78, 5) is 14.1. The van der Waals surface area contributed by atoms with E-state index in [4.69, 9.17) is 4.74 Å². The lowest BCUT2D eigenvalue weighted by molar-refractivity contribution is 0.203. The van der Waals surface area contributed by atoms with Crippen LogP contribution >= 0.6 is 11.8 Å². The fourth-order valence-corrected chi connectivity index (χ4v) is 2.29. The summed E-state index contributed by atoms with van der Waals surface area (Å²) >= 11 is 1.64. The zero-order valence-electron chi connectivity index (χ0n) is 12.0. The highest BCUT2D eigenvalue weighted by atomic mass is 32.2. The van der Waals surface area contributed by atoms with Gasteiger partial charge >= 0.3 is 6.03 Å². The predicted octanol–water partition coefficient (Wildman–Crippen LogP) is 3.65. The van der Waals surface area contributed by atoms with E-state index in [1.54, 1.807) is 18.9 Å². The second-order valence-electron chi connectivity index (χ2n) is 4.31. The minimum Gasteiger partial charge on any atom is -0.497 e. The largest absolute Gasteiger partial charge is 0.497 e. The maximum atomic E-state index is 12.3. The van der Waals surface area contributed by atoms with Gasteiger partial charge in [-0.25, -0.2) is 4.79 Å². The van der Waals surface area contributed by atoms with Crippen LogP contribution in [0.4, 0.5) is 10.5 Å². The minimum atomic E-state index is -0.0723. The van der Waals surface area contributed by atoms with Crippen LogP contribution in [0, 0.1) is 0 Å². The number of nitrogens with one attached hydrogen (secondary N) is 1. The van der Waals surface area contributed by atoms with Crippen LogP contribution in [0.25, 0.3) is 0 Å². The van der Waals surface area contributed by atoms with Crippen molar-refractivity contribution in [3.63, 3.8) is 0 Å². The van der Waals surface area contributed by atoms with Gasteiger partial charge in [0.25, 0.3) is 0 Å². The third-order valence-electron chi connectivity index (χ3n) is 2.97. The molecule has 1 rings (SSSR count). The number of carbonyl (C=O) groups is 1. The molecule has 0 heterocycles. The van der Waals surface area contributed by atoms with Gasteiger partial charge in [-0.3, -0.25) is 0 Å². The molecule has 0 spiro atoms. The Hall–Kier alpha value is -1.36. The number of hydrogen-bond donors (Lipinski definition) is 1. The first-order valence-electron chi connectivity index (χ1n) is 6.33. The van der Waals surface area contributed by atoms with Gasteiger partial charge in [0.15, 0.2) is 0 Å². The monoisotopic (exact) mass is 282 g/mol. The zero-order valence-corrected chi connectivity index (χ0v) is 12.8. The van der Waals surface area contributed by atoms with Crippen molar-refractivity contribution in [1.29, 1.82) is 0 Å². The van der Waals surface area contributed by atoms with Gasteiger partial charge in [0, 0.05) is 17.8 Å². The highest BCUT2D eigenvalue weighted by Crippen LogP contribution is 2.18. The van der Waals surface area contributed by atoms with Gasteiger partial charge in [0.1, 0.15) is 5.75 Å². The van der Waals surface area contributed by atoms with Crippen molar-refractivity contribution >= 4 is 23.5 Å². The molecule has 1 N–H and O–H groups in total. The number of thioether (sulfide) groups is 1. The SMILES string of the molecule is CCC(C)N(CSC)C(=O)Nc1cccc(OC)c1. The fourth-order valence-electron chi connectivity index (χ4n) is 1.64. The summed E-state index contributed by atoms with van der Waals surface area (Å²) in [5.41, 5.74) is 0.749. The topological polar surface area (TPSA) is 41.6 Å². The van der Waals surface area contributed by atoms with Gasteiger partial charge in [-0.1, -0.05) is 13.0 Å². The molecule has 1 aromatic rings. The number of hydrogen-bond acceptors (Lipinski definition) is 3. The number of rotatable bonds is 6. The van der Waals surface area contributed by atoms with Crippen LogP contribution in [0.5, 0.6) is 5.75 Å². The number of benzene rings is 1. The van der Waals surface area contributed by atoms with Gasteiger partial charge in [0.05, 0.1) is 13.0 Å². The first-order chi connectivity index (χ1) is 9.12. The molecular weight excluding hydrogens is 260 g/mol. The molecule has 1 aromatic carbocycles. The standard InChI is InChI=1S/C14H22N2O2S/c1-5-11(2)16(10-19-4)14(17)15-12-7-6-8-13(9-12)18-3/h6-9,11H,5,10H2,1-4H3,(H,15,17). The number of methoxy groups -OCH3 is 1. The van der Waals surface area contributed by atoms with Gasteiger partial charge in [-0.05, 0) is 31.7 Å². The molecule has 1 unspecified atom stereocenters. The Labute approximate surface area is 119 Å². The summed E-state index contributed by atoms with van der Waals surface area (Å²) < 4.78 is 5.14. The van der Waals surface area contributed by atoms with Gasteiger partial charge < -0.3 is 15.0 Å². The summed E-state index contributed by atoms with van der Waals surface area (Å²) in [5, 5.41) is 2.91. The lowest BCUT2D eigenvalue weighted by Gasteiger charge is -2.28. The van der Waals surface area contributed by atoms with Crippen molar-refractivity contribution in [1.82, 2.24) is 4.90 Å². The smallest absolute Gasteiger partial charge is 0.322 e. The summed E-state index contributed by atoms with van der Waals surface area (Å²) in [6.07, 6.45) is 2.93. The van der Waals surface area contributed by atoms with E-state index in [9.17, 15) is 4.79 Å². The fraction of sp³-hybridized carbons (Fsp3) is 0.500. The molecule has 5 heteroatoms. The maximum Gasteiger partial charge on any atom is 0.322 e. The van der Waals surface area contributed by atoms with E-state index in [2.05, 4.69) is 19.2 Å². The zero-order chi connectivity index (χ0) is 14.3. The number of ether oxygens (including phenoxy) is 1. The van der Waals surface area contributed by atoms with Gasteiger partial charge in [0.2, 0.25) is 0 Å². The third kappa shape index (κ3) is 4.67. The Bertz CT molecular complexity index is 412. The maximum absolute atomic E-state index is 12.3. The Morgan fingerprint density at radius 3 is 2.84 bits per heavy atom. The first kappa shape index (κ1) is 15.7. The molecule has 0 aliphatic rings. The van der Waals surface area contributed by atoms with Crippen molar-refractivity contribution in [3.05, 3.63) is 24.3 Å². The van der Waals surface area contributed by atoms with Crippen molar-refractivity contribution in [2.45, 2.75) is 26.3 Å². The lowest BCUT2D eigenvalue weighted by atomic mass is 10.2. The minimum absolute atomic E-state index is 0.0723. The van der Waals surface area contributed by atoms with Crippen LogP contribution in [-0.4, -0.2) is 36.2 Å². The van der Waals surface area contributed by atoms with Crippen LogP contribution < -0.4 is 10.1 Å². The molecule has 106 valence electrons. The average molecular weight is 282 g/mol. The van der Waals surface area contributed by atoms with Crippen molar-refractivity contribution in [3.8, 4) is 5.75 Å². The second-order valence-corrected chi connectivity index (χ2v) is 5.14. The number of nitrogens with zero attached hydrogens (tertiary/aromatic N) is 1. The molecule has 0 aliphatic carbocycles. The Kier molecular flexibility index (Phi) is 6.56. The Balaban J connectivity index is 2.74. The molecule has 19 heavy (non-hydrogen) atoms. The molecule has 0 fully saturated rings. The highest BCUT2D eigenvalue weighted by molar-refractivity contribution is 7.98. The molecule has 1 atom stereocenters. The predicted molar refractivity (Wildman–Crippen MR) is 82.0 cm³/mol. The van der Waals surface area contributed by atoms with Crippen LogP contribution in [0.2, 0.25) is 0 Å². The lowest BCUT2D eigenvalue weighted by Crippen LogP contribution is -2.40. The average Bonchev–Trinajstić information content (AvgIpc) is 2.44. The van der Waals surface area contributed by atoms with Crippen molar-refractivity contribution in [2.24, 2.45) is 0 Å². The van der Waals surface area contributed by atoms with Crippen LogP contribution in [-0.2, 0) is 0 Å². The number of anilines is 1. The molecule has 0 bridgehead atoms. The number of carbonyl (C=O) groups excluding carboxylic acids is 1. The number of amides is 2. The summed E-state index contributed by atoms with van der Waals surface area (Å²) in [6, 6.07) is 7.52. The van der Waals surface area contributed by atoms with Crippen molar-refractivity contribution in [2.75, 3.05) is 24.6 Å². The van der Waals surface area contributed by atoms with Crippen molar-refractivity contribution < 1.29 is 9.53 Å². The molecular formula is C14H22N2O2S. The molecule has 0 radical (unpaired) electrons. The quantitative estimate of drug-likeness (QED) is 0.810. The molecule has 0 aromatic heterocycles. The van der Waals surface area contributed by atoms with E-state index in [-0.39, 0.29) is 12.1 Å². The molecule has 0 saturated carbocycles. The van der Waals surface area contributed by atoms with E-state index in [1.807, 2.05) is 35.4 Å². The van der Waals surface area contributed by atoms with Gasteiger partial charge in [-0.15, -0.1) is 11.8 Å². The summed E-state index contributed by atoms with van der Waals surface area (Å²) in [5.74, 6) is 1.42. The summed E-state index contributed by atoms with van der Waals surface area (Å²) in [6.45, 7) is 4.14. The van der Waals surface area contributed by atoms with Crippen LogP contribution in [0.3, 0.4) is 0 Å². The van der Waals surface area contributed by atoms with Crippen LogP contribution in [0.1, 0.15) is 20.3 Å². The molecule has 2 amide bonds. The third-order valence-corrected chi connectivity index (χ3v) is 3.51. The molecule has 0 saturated heterocycles. The Morgan fingerprint density at radius 2 is 2.26 bits per heavy atom. The number of urea groups is 1. The van der Waals surface area contributed by atoms with E-state index in [0.29, 0.717) is 5.88 Å². The Morgan fingerprint density at radius 1 is 1.53 bits per heavy atom. The van der Waals surface area contributed by atoms with Crippen LogP contribution in [0.15, 0.2) is 24.3 Å². The molecule has 0 aliphatic heterocycles.